The van der Waals surface area contributed by atoms with E-state index < -0.39 is 10.0 Å². The van der Waals surface area contributed by atoms with Crippen molar-refractivity contribution in [2.75, 3.05) is 36.1 Å². The van der Waals surface area contributed by atoms with E-state index in [1.54, 1.807) is 49.4 Å². The fourth-order valence-electron chi connectivity index (χ4n) is 2.40. The minimum Gasteiger partial charge on any atom is -0.495 e. The minimum absolute atomic E-state index is 0.180. The van der Waals surface area contributed by atoms with Gasteiger partial charge in [0.25, 0.3) is 5.91 Å². The molecule has 0 bridgehead atoms. The maximum absolute atomic E-state index is 12.0. The largest absolute Gasteiger partial charge is 0.495 e. The Kier molecular flexibility index (Phi) is 6.46. The summed E-state index contributed by atoms with van der Waals surface area (Å²) in [6.07, 6.45) is 1.16. The molecule has 2 rings (SSSR count). The average Bonchev–Trinajstić information content (AvgIpc) is 2.61. The first-order chi connectivity index (χ1) is 12.3. The predicted molar refractivity (Wildman–Crippen MR) is 101 cm³/mol. The minimum atomic E-state index is -3.33. The normalized spacial score (nSPS) is 10.9. The Bertz CT molecular complexity index is 850. The molecular weight excluding hydrogens is 356 g/mol. The fourth-order valence-corrected chi connectivity index (χ4v) is 3.37. The first-order valence-corrected chi connectivity index (χ1v) is 9.83. The summed E-state index contributed by atoms with van der Waals surface area (Å²) in [5, 5.41) is 2.71. The number of methoxy groups -OCH3 is 1. The van der Waals surface area contributed by atoms with Crippen LogP contribution in [0.5, 0.6) is 11.5 Å². The van der Waals surface area contributed by atoms with Gasteiger partial charge in [0.1, 0.15) is 11.5 Å². The number of hydrogen-bond acceptors (Lipinski definition) is 5. The summed E-state index contributed by atoms with van der Waals surface area (Å²) in [7, 11) is -1.80. The highest BCUT2D eigenvalue weighted by Gasteiger charge is 2.15. The van der Waals surface area contributed by atoms with Crippen LogP contribution in [0.15, 0.2) is 48.5 Å². The summed E-state index contributed by atoms with van der Waals surface area (Å²) in [4.78, 5) is 12.0. The Labute approximate surface area is 153 Å². The van der Waals surface area contributed by atoms with E-state index >= 15 is 0 Å². The van der Waals surface area contributed by atoms with Crippen LogP contribution >= 0.6 is 0 Å². The monoisotopic (exact) mass is 378 g/mol. The average molecular weight is 378 g/mol. The number of benzene rings is 2. The second-order valence-corrected chi connectivity index (χ2v) is 7.37. The molecule has 140 valence electrons. The molecule has 0 saturated heterocycles. The molecule has 8 heteroatoms. The molecular formula is C18H22N2O5S. The molecule has 0 fully saturated rings. The summed E-state index contributed by atoms with van der Waals surface area (Å²) in [6, 6.07) is 13.6. The van der Waals surface area contributed by atoms with E-state index in [4.69, 9.17) is 9.47 Å². The predicted octanol–water partition coefficient (Wildman–Crippen LogP) is 2.50. The Morgan fingerprint density at radius 3 is 2.35 bits per heavy atom. The lowest BCUT2D eigenvalue weighted by Gasteiger charge is -2.20. The highest BCUT2D eigenvalue weighted by Crippen LogP contribution is 2.23. The molecule has 0 aromatic heterocycles. The van der Waals surface area contributed by atoms with E-state index in [-0.39, 0.29) is 12.5 Å². The van der Waals surface area contributed by atoms with Crippen LogP contribution in [-0.4, -0.2) is 40.8 Å². The second-order valence-electron chi connectivity index (χ2n) is 5.46. The van der Waals surface area contributed by atoms with Gasteiger partial charge < -0.3 is 14.8 Å². The van der Waals surface area contributed by atoms with Crippen LogP contribution in [0.2, 0.25) is 0 Å². The van der Waals surface area contributed by atoms with Crippen molar-refractivity contribution in [3.8, 4) is 11.5 Å². The molecule has 0 heterocycles. The van der Waals surface area contributed by atoms with Gasteiger partial charge in [0.05, 0.1) is 24.7 Å². The van der Waals surface area contributed by atoms with Gasteiger partial charge >= 0.3 is 0 Å². The molecule has 1 amide bonds. The highest BCUT2D eigenvalue weighted by atomic mass is 32.2. The van der Waals surface area contributed by atoms with Crippen molar-refractivity contribution in [3.05, 3.63) is 48.5 Å². The Hall–Kier alpha value is -2.74. The lowest BCUT2D eigenvalue weighted by atomic mass is 10.3. The van der Waals surface area contributed by atoms with Crippen molar-refractivity contribution < 1.29 is 22.7 Å². The van der Waals surface area contributed by atoms with Crippen molar-refractivity contribution in [2.45, 2.75) is 6.92 Å². The van der Waals surface area contributed by atoms with E-state index in [0.717, 1.165) is 6.26 Å². The van der Waals surface area contributed by atoms with Crippen LogP contribution in [0, 0.1) is 0 Å². The zero-order valence-corrected chi connectivity index (χ0v) is 15.7. The van der Waals surface area contributed by atoms with Crippen molar-refractivity contribution in [1.82, 2.24) is 0 Å². The van der Waals surface area contributed by atoms with Crippen LogP contribution in [0.3, 0.4) is 0 Å². The highest BCUT2D eigenvalue weighted by molar-refractivity contribution is 7.92. The molecule has 0 aliphatic heterocycles. The maximum Gasteiger partial charge on any atom is 0.262 e. The number of sulfonamides is 1. The van der Waals surface area contributed by atoms with Gasteiger partial charge in [-0.15, -0.1) is 0 Å². The van der Waals surface area contributed by atoms with Crippen LogP contribution < -0.4 is 19.1 Å². The quantitative estimate of drug-likeness (QED) is 0.763. The van der Waals surface area contributed by atoms with Gasteiger partial charge in [0, 0.05) is 6.54 Å². The zero-order valence-electron chi connectivity index (χ0n) is 14.9. The van der Waals surface area contributed by atoms with Gasteiger partial charge in [-0.25, -0.2) is 8.42 Å². The SMILES string of the molecule is CCN(c1ccc(OCC(=O)Nc2ccccc2OC)cc1)S(C)(=O)=O. The third-order valence-corrected chi connectivity index (χ3v) is 4.83. The van der Waals surface area contributed by atoms with E-state index in [9.17, 15) is 13.2 Å². The zero-order chi connectivity index (χ0) is 19.2. The molecule has 1 N–H and O–H groups in total. The molecule has 26 heavy (non-hydrogen) atoms. The topological polar surface area (TPSA) is 84.9 Å². The third-order valence-electron chi connectivity index (χ3n) is 3.56. The molecule has 2 aromatic rings. The number of anilines is 2. The van der Waals surface area contributed by atoms with Gasteiger partial charge in [0.15, 0.2) is 6.61 Å². The summed E-state index contributed by atoms with van der Waals surface area (Å²) < 4.78 is 35.3. The number of para-hydroxylation sites is 2. The van der Waals surface area contributed by atoms with Crippen molar-refractivity contribution >= 4 is 27.3 Å². The first-order valence-electron chi connectivity index (χ1n) is 7.98. The number of ether oxygens (including phenoxy) is 2. The van der Waals surface area contributed by atoms with Crippen molar-refractivity contribution in [2.24, 2.45) is 0 Å². The number of carbonyl (C=O) groups excluding carboxylic acids is 1. The summed E-state index contributed by atoms with van der Waals surface area (Å²) in [5.41, 5.74) is 1.10. The lowest BCUT2D eigenvalue weighted by Crippen LogP contribution is -2.29. The number of amides is 1. The molecule has 7 nitrogen and oxygen atoms in total. The van der Waals surface area contributed by atoms with Gasteiger partial charge in [-0.05, 0) is 43.3 Å². The van der Waals surface area contributed by atoms with Crippen molar-refractivity contribution in [3.63, 3.8) is 0 Å². The number of rotatable bonds is 8. The van der Waals surface area contributed by atoms with Gasteiger partial charge in [-0.1, -0.05) is 12.1 Å². The van der Waals surface area contributed by atoms with Gasteiger partial charge in [-0.3, -0.25) is 9.10 Å². The molecule has 0 atom stereocenters. The lowest BCUT2D eigenvalue weighted by molar-refractivity contribution is -0.118. The number of nitrogens with one attached hydrogen (secondary N) is 1. The van der Waals surface area contributed by atoms with E-state index in [1.807, 2.05) is 6.07 Å². The Morgan fingerprint density at radius 1 is 1.12 bits per heavy atom. The van der Waals surface area contributed by atoms with E-state index in [0.29, 0.717) is 29.4 Å². The second kappa shape index (κ2) is 8.57. The number of carbonyl (C=O) groups is 1. The Morgan fingerprint density at radius 2 is 1.77 bits per heavy atom. The van der Waals surface area contributed by atoms with Gasteiger partial charge in [-0.2, -0.15) is 0 Å². The van der Waals surface area contributed by atoms with Crippen LogP contribution in [0.1, 0.15) is 6.92 Å². The van der Waals surface area contributed by atoms with Crippen LogP contribution in [-0.2, 0) is 14.8 Å². The molecule has 0 saturated carbocycles. The molecule has 0 unspecified atom stereocenters. The molecule has 0 aliphatic carbocycles. The van der Waals surface area contributed by atoms with Crippen molar-refractivity contribution in [1.29, 1.82) is 0 Å². The van der Waals surface area contributed by atoms with Crippen LogP contribution in [0.25, 0.3) is 0 Å². The number of hydrogen-bond donors (Lipinski definition) is 1. The summed E-state index contributed by atoms with van der Waals surface area (Å²) in [5.74, 6) is 0.698. The van der Waals surface area contributed by atoms with Gasteiger partial charge in [0.2, 0.25) is 10.0 Å². The maximum atomic E-state index is 12.0. The smallest absolute Gasteiger partial charge is 0.262 e. The third kappa shape index (κ3) is 5.13. The summed E-state index contributed by atoms with van der Waals surface area (Å²) in [6.45, 7) is 1.91. The molecule has 0 radical (unpaired) electrons. The van der Waals surface area contributed by atoms with E-state index in [1.165, 1.54) is 11.4 Å². The number of nitrogens with zero attached hydrogens (tertiary/aromatic N) is 1. The molecule has 0 spiro atoms. The Balaban J connectivity index is 1.96. The van der Waals surface area contributed by atoms with E-state index in [2.05, 4.69) is 5.32 Å². The first kappa shape index (κ1) is 19.6. The summed E-state index contributed by atoms with van der Waals surface area (Å²) >= 11 is 0. The molecule has 2 aromatic carbocycles. The standard InChI is InChI=1S/C18H22N2O5S/c1-4-20(26(3,22)23)14-9-11-15(12-10-14)25-13-18(21)19-16-7-5-6-8-17(16)24-2/h5-12H,4,13H2,1-3H3,(H,19,21). The van der Waals surface area contributed by atoms with Crippen LogP contribution in [0.4, 0.5) is 11.4 Å². The fraction of sp³-hybridized carbons (Fsp3) is 0.278. The molecule has 0 aliphatic rings.